The molecule has 3 atom stereocenters. The number of hydrogen-bond acceptors (Lipinski definition) is 4. The molecule has 0 spiro atoms. The van der Waals surface area contributed by atoms with Gasteiger partial charge in [0.05, 0.1) is 4.90 Å². The first kappa shape index (κ1) is 14.0. The van der Waals surface area contributed by atoms with Crippen LogP contribution >= 0.6 is 0 Å². The summed E-state index contributed by atoms with van der Waals surface area (Å²) in [5.41, 5.74) is 7.32. The topological polar surface area (TPSA) is 63.4 Å². The van der Waals surface area contributed by atoms with E-state index in [1.165, 1.54) is 24.7 Å². The smallest absolute Gasteiger partial charge is 0.175 e. The van der Waals surface area contributed by atoms with E-state index in [1.807, 2.05) is 12.1 Å². The van der Waals surface area contributed by atoms with Crippen molar-refractivity contribution < 1.29 is 8.42 Å². The van der Waals surface area contributed by atoms with Crippen molar-refractivity contribution in [1.82, 2.24) is 4.90 Å². The lowest BCUT2D eigenvalue weighted by molar-refractivity contribution is 0.298. The lowest BCUT2D eigenvalue weighted by atomic mass is 9.98. The monoisotopic (exact) mass is 294 g/mol. The van der Waals surface area contributed by atoms with E-state index >= 15 is 0 Å². The third kappa shape index (κ3) is 2.75. The first-order valence-corrected chi connectivity index (χ1v) is 9.09. The van der Waals surface area contributed by atoms with Crippen LogP contribution in [0.1, 0.15) is 18.4 Å². The van der Waals surface area contributed by atoms with Gasteiger partial charge in [-0.05, 0) is 42.4 Å². The van der Waals surface area contributed by atoms with Crippen LogP contribution in [0.4, 0.5) is 0 Å². The maximum atomic E-state index is 11.4. The fourth-order valence-corrected chi connectivity index (χ4v) is 4.26. The fourth-order valence-electron chi connectivity index (χ4n) is 3.63. The molecule has 1 saturated carbocycles. The minimum atomic E-state index is -3.10. The Bertz CT molecular complexity index is 582. The molecule has 2 aliphatic rings. The second kappa shape index (κ2) is 5.13. The Kier molecular flexibility index (Phi) is 3.60. The molecule has 110 valence electrons. The van der Waals surface area contributed by atoms with Crippen LogP contribution in [0.25, 0.3) is 0 Å². The molecule has 1 aromatic carbocycles. The number of rotatable bonds is 3. The Labute approximate surface area is 120 Å². The molecule has 3 rings (SSSR count). The van der Waals surface area contributed by atoms with Gasteiger partial charge in [0.1, 0.15) is 0 Å². The first-order valence-electron chi connectivity index (χ1n) is 7.20. The van der Waals surface area contributed by atoms with Gasteiger partial charge in [0.25, 0.3) is 0 Å². The lowest BCUT2D eigenvalue weighted by Crippen LogP contribution is -2.30. The van der Waals surface area contributed by atoms with Crippen LogP contribution in [-0.4, -0.2) is 38.7 Å². The number of nitrogens with two attached hydrogens (primary N) is 1. The van der Waals surface area contributed by atoms with E-state index in [2.05, 4.69) is 4.90 Å². The highest BCUT2D eigenvalue weighted by Crippen LogP contribution is 2.37. The van der Waals surface area contributed by atoms with Crippen LogP contribution in [0.5, 0.6) is 0 Å². The van der Waals surface area contributed by atoms with Gasteiger partial charge in [-0.1, -0.05) is 12.1 Å². The summed E-state index contributed by atoms with van der Waals surface area (Å²) in [4.78, 5) is 2.84. The van der Waals surface area contributed by atoms with Gasteiger partial charge in [0.15, 0.2) is 9.84 Å². The predicted molar refractivity (Wildman–Crippen MR) is 79.0 cm³/mol. The average molecular weight is 294 g/mol. The number of sulfone groups is 1. The zero-order valence-electron chi connectivity index (χ0n) is 11.8. The van der Waals surface area contributed by atoms with Gasteiger partial charge in [0, 0.05) is 31.9 Å². The van der Waals surface area contributed by atoms with Crippen molar-refractivity contribution in [2.45, 2.75) is 30.3 Å². The molecule has 1 saturated heterocycles. The molecular weight excluding hydrogens is 272 g/mol. The molecule has 1 aliphatic carbocycles. The van der Waals surface area contributed by atoms with Crippen LogP contribution in [-0.2, 0) is 16.4 Å². The van der Waals surface area contributed by atoms with Crippen LogP contribution in [0, 0.1) is 11.8 Å². The van der Waals surface area contributed by atoms with Gasteiger partial charge in [-0.15, -0.1) is 0 Å². The molecule has 4 nitrogen and oxygen atoms in total. The number of likely N-dealkylation sites (tertiary alicyclic amines) is 1. The van der Waals surface area contributed by atoms with Gasteiger partial charge in [-0.2, -0.15) is 0 Å². The molecule has 0 bridgehead atoms. The summed E-state index contributed by atoms with van der Waals surface area (Å²) in [5.74, 6) is 1.42. The molecule has 5 heteroatoms. The molecule has 1 aliphatic heterocycles. The van der Waals surface area contributed by atoms with Crippen molar-refractivity contribution in [2.75, 3.05) is 19.3 Å². The van der Waals surface area contributed by atoms with E-state index < -0.39 is 9.84 Å². The Hall–Kier alpha value is -0.910. The highest BCUT2D eigenvalue weighted by molar-refractivity contribution is 7.90. The van der Waals surface area contributed by atoms with Gasteiger partial charge in [-0.25, -0.2) is 8.42 Å². The minimum absolute atomic E-state index is 0.373. The lowest BCUT2D eigenvalue weighted by Gasteiger charge is -2.18. The van der Waals surface area contributed by atoms with E-state index in [1.54, 1.807) is 12.1 Å². The normalized spacial score (nSPS) is 30.6. The zero-order chi connectivity index (χ0) is 14.3. The minimum Gasteiger partial charge on any atom is -0.327 e. The van der Waals surface area contributed by atoms with E-state index in [4.69, 9.17) is 5.73 Å². The standard InChI is InChI=1S/C15H22N2O2S/c1-20(18,19)13-5-2-11(3-6-13)8-17-9-12-4-7-15(16)14(12)10-17/h2-3,5-6,12,14-15H,4,7-10,16H2,1H3. The summed E-state index contributed by atoms with van der Waals surface area (Å²) in [6.45, 7) is 3.11. The predicted octanol–water partition coefficient (Wildman–Crippen LogP) is 1.26. The number of hydrogen-bond donors (Lipinski definition) is 1. The summed E-state index contributed by atoms with van der Waals surface area (Å²) in [7, 11) is -3.10. The Morgan fingerprint density at radius 1 is 1.20 bits per heavy atom. The molecule has 0 amide bonds. The quantitative estimate of drug-likeness (QED) is 0.911. The van der Waals surface area contributed by atoms with Gasteiger partial charge >= 0.3 is 0 Å². The van der Waals surface area contributed by atoms with Crippen molar-refractivity contribution in [1.29, 1.82) is 0 Å². The van der Waals surface area contributed by atoms with Crippen molar-refractivity contribution in [3.8, 4) is 0 Å². The van der Waals surface area contributed by atoms with Crippen LogP contribution < -0.4 is 5.73 Å². The van der Waals surface area contributed by atoms with Gasteiger partial charge in [-0.3, -0.25) is 4.90 Å². The molecule has 0 radical (unpaired) electrons. The molecule has 20 heavy (non-hydrogen) atoms. The van der Waals surface area contributed by atoms with E-state index in [-0.39, 0.29) is 0 Å². The highest BCUT2D eigenvalue weighted by atomic mass is 32.2. The van der Waals surface area contributed by atoms with E-state index in [9.17, 15) is 8.42 Å². The molecule has 2 fully saturated rings. The molecular formula is C15H22N2O2S. The summed E-state index contributed by atoms with van der Waals surface area (Å²) in [6.07, 6.45) is 3.67. The Morgan fingerprint density at radius 2 is 1.90 bits per heavy atom. The fraction of sp³-hybridized carbons (Fsp3) is 0.600. The maximum absolute atomic E-state index is 11.4. The third-order valence-corrected chi connectivity index (χ3v) is 5.87. The van der Waals surface area contributed by atoms with Crippen molar-refractivity contribution in [3.05, 3.63) is 29.8 Å². The number of fused-ring (bicyclic) bond motifs is 1. The van der Waals surface area contributed by atoms with E-state index in [0.717, 1.165) is 25.6 Å². The molecule has 0 aromatic heterocycles. The first-order chi connectivity index (χ1) is 9.43. The van der Waals surface area contributed by atoms with Crippen LogP contribution in [0.15, 0.2) is 29.2 Å². The highest BCUT2D eigenvalue weighted by Gasteiger charge is 2.40. The summed E-state index contributed by atoms with van der Waals surface area (Å²) in [5, 5.41) is 0. The zero-order valence-corrected chi connectivity index (χ0v) is 12.6. The second-order valence-electron chi connectivity index (χ2n) is 6.28. The van der Waals surface area contributed by atoms with E-state index in [0.29, 0.717) is 16.9 Å². The average Bonchev–Trinajstić information content (AvgIpc) is 2.92. The Balaban J connectivity index is 1.65. The second-order valence-corrected chi connectivity index (χ2v) is 8.29. The Morgan fingerprint density at radius 3 is 2.50 bits per heavy atom. The van der Waals surface area contributed by atoms with Crippen LogP contribution in [0.3, 0.4) is 0 Å². The summed E-state index contributed by atoms with van der Waals surface area (Å²) in [6, 6.07) is 7.62. The van der Waals surface area contributed by atoms with Crippen molar-refractivity contribution in [3.63, 3.8) is 0 Å². The van der Waals surface area contributed by atoms with Gasteiger partial charge < -0.3 is 5.73 Å². The molecule has 1 heterocycles. The van der Waals surface area contributed by atoms with Crippen molar-refractivity contribution >= 4 is 9.84 Å². The van der Waals surface area contributed by atoms with Crippen molar-refractivity contribution in [2.24, 2.45) is 17.6 Å². The molecule has 3 unspecified atom stereocenters. The summed E-state index contributed by atoms with van der Waals surface area (Å²) < 4.78 is 22.9. The maximum Gasteiger partial charge on any atom is 0.175 e. The third-order valence-electron chi connectivity index (χ3n) is 4.75. The number of nitrogens with zero attached hydrogens (tertiary/aromatic N) is 1. The number of benzene rings is 1. The van der Waals surface area contributed by atoms with Gasteiger partial charge in [0.2, 0.25) is 0 Å². The summed E-state index contributed by atoms with van der Waals surface area (Å²) >= 11 is 0. The largest absolute Gasteiger partial charge is 0.327 e. The van der Waals surface area contributed by atoms with Crippen LogP contribution in [0.2, 0.25) is 0 Å². The molecule has 2 N–H and O–H groups in total. The molecule has 1 aromatic rings. The SMILES string of the molecule is CS(=O)(=O)c1ccc(CN2CC3CCC(N)C3C2)cc1.